The van der Waals surface area contributed by atoms with Gasteiger partial charge in [0.1, 0.15) is 0 Å². The average molecular weight is 267 g/mol. The predicted molar refractivity (Wildman–Crippen MR) is 70.3 cm³/mol. The number of thiophene rings is 1. The van der Waals surface area contributed by atoms with E-state index < -0.39 is 0 Å². The van der Waals surface area contributed by atoms with E-state index >= 15 is 0 Å². The summed E-state index contributed by atoms with van der Waals surface area (Å²) in [6.45, 7) is 4.38. The van der Waals surface area contributed by atoms with Crippen LogP contribution in [0, 0.1) is 0 Å². The highest BCUT2D eigenvalue weighted by Crippen LogP contribution is 2.21. The third kappa shape index (κ3) is 3.38. The van der Waals surface area contributed by atoms with Crippen LogP contribution in [0.15, 0.2) is 22.0 Å². The summed E-state index contributed by atoms with van der Waals surface area (Å²) in [4.78, 5) is 7.48. The molecule has 2 heterocycles. The Morgan fingerprint density at radius 1 is 1.44 bits per heavy atom. The molecule has 2 aromatic rings. The second-order valence-electron chi connectivity index (χ2n) is 3.99. The third-order valence-electron chi connectivity index (χ3n) is 2.52. The van der Waals surface area contributed by atoms with Gasteiger partial charge in [-0.2, -0.15) is 4.98 Å². The van der Waals surface area contributed by atoms with Crippen LogP contribution in [-0.4, -0.2) is 39.8 Å². The SMILES string of the molecule is CCCN(CCO)Cc1nc(-c2cccs2)no1. The molecular weight excluding hydrogens is 250 g/mol. The van der Waals surface area contributed by atoms with E-state index in [1.54, 1.807) is 11.3 Å². The molecule has 2 aromatic heterocycles. The predicted octanol–water partition coefficient (Wildman–Crippen LogP) is 2.00. The number of hydrogen-bond donors (Lipinski definition) is 1. The van der Waals surface area contributed by atoms with Crippen LogP contribution in [0.4, 0.5) is 0 Å². The van der Waals surface area contributed by atoms with E-state index in [0.29, 0.717) is 24.8 Å². The third-order valence-corrected chi connectivity index (χ3v) is 3.39. The normalized spacial score (nSPS) is 11.3. The summed E-state index contributed by atoms with van der Waals surface area (Å²) in [5.74, 6) is 1.24. The van der Waals surface area contributed by atoms with Crippen molar-refractivity contribution in [3.8, 4) is 10.7 Å². The molecule has 0 aliphatic heterocycles. The van der Waals surface area contributed by atoms with Crippen molar-refractivity contribution in [3.05, 3.63) is 23.4 Å². The minimum Gasteiger partial charge on any atom is -0.395 e. The van der Waals surface area contributed by atoms with Crippen molar-refractivity contribution < 1.29 is 9.63 Å². The topological polar surface area (TPSA) is 62.4 Å². The Balaban J connectivity index is 2.01. The molecule has 0 bridgehead atoms. The largest absolute Gasteiger partial charge is 0.395 e. The summed E-state index contributed by atoms with van der Waals surface area (Å²) < 4.78 is 5.23. The van der Waals surface area contributed by atoms with Crippen LogP contribution in [0.3, 0.4) is 0 Å². The number of hydrogen-bond acceptors (Lipinski definition) is 6. The van der Waals surface area contributed by atoms with E-state index in [-0.39, 0.29) is 6.61 Å². The molecule has 0 aliphatic rings. The lowest BCUT2D eigenvalue weighted by Gasteiger charge is -2.17. The highest BCUT2D eigenvalue weighted by molar-refractivity contribution is 7.13. The first kappa shape index (κ1) is 13.2. The Bertz CT molecular complexity index is 450. The number of aliphatic hydroxyl groups excluding tert-OH is 1. The van der Waals surface area contributed by atoms with Gasteiger partial charge in [-0.3, -0.25) is 4.90 Å². The second kappa shape index (κ2) is 6.63. The van der Waals surface area contributed by atoms with E-state index in [4.69, 9.17) is 9.63 Å². The van der Waals surface area contributed by atoms with Crippen molar-refractivity contribution in [1.29, 1.82) is 0 Å². The Labute approximate surface area is 110 Å². The second-order valence-corrected chi connectivity index (χ2v) is 4.94. The molecule has 18 heavy (non-hydrogen) atoms. The molecule has 0 aromatic carbocycles. The lowest BCUT2D eigenvalue weighted by atomic mass is 10.4. The van der Waals surface area contributed by atoms with Crippen LogP contribution < -0.4 is 0 Å². The van der Waals surface area contributed by atoms with Crippen LogP contribution in [0.5, 0.6) is 0 Å². The highest BCUT2D eigenvalue weighted by Gasteiger charge is 2.12. The number of rotatable bonds is 7. The van der Waals surface area contributed by atoms with Crippen LogP contribution in [0.25, 0.3) is 10.7 Å². The minimum absolute atomic E-state index is 0.145. The summed E-state index contributed by atoms with van der Waals surface area (Å²) in [5.41, 5.74) is 0. The molecule has 6 heteroatoms. The standard InChI is InChI=1S/C12H17N3O2S/c1-2-5-15(6-7-16)9-11-13-12(14-17-11)10-4-3-8-18-10/h3-4,8,16H,2,5-7,9H2,1H3. The molecule has 0 fully saturated rings. The van der Waals surface area contributed by atoms with Gasteiger partial charge in [0.15, 0.2) is 0 Å². The fourth-order valence-corrected chi connectivity index (χ4v) is 2.39. The zero-order chi connectivity index (χ0) is 12.8. The molecule has 0 atom stereocenters. The van der Waals surface area contributed by atoms with Gasteiger partial charge < -0.3 is 9.63 Å². The lowest BCUT2D eigenvalue weighted by Crippen LogP contribution is -2.27. The molecule has 0 amide bonds. The Morgan fingerprint density at radius 3 is 3.00 bits per heavy atom. The summed E-state index contributed by atoms with van der Waals surface area (Å²) in [5, 5.41) is 14.9. The van der Waals surface area contributed by atoms with E-state index in [1.165, 1.54) is 0 Å². The van der Waals surface area contributed by atoms with Crippen molar-refractivity contribution in [3.63, 3.8) is 0 Å². The average Bonchev–Trinajstić information content (AvgIpc) is 2.98. The van der Waals surface area contributed by atoms with Crippen LogP contribution in [-0.2, 0) is 6.54 Å². The van der Waals surface area contributed by atoms with Gasteiger partial charge in [0, 0.05) is 6.54 Å². The van der Waals surface area contributed by atoms with Gasteiger partial charge in [0.05, 0.1) is 18.0 Å². The van der Waals surface area contributed by atoms with Crippen molar-refractivity contribution >= 4 is 11.3 Å². The van der Waals surface area contributed by atoms with Crippen LogP contribution >= 0.6 is 11.3 Å². The Hall–Kier alpha value is -1.24. The Morgan fingerprint density at radius 2 is 2.33 bits per heavy atom. The van der Waals surface area contributed by atoms with Gasteiger partial charge in [-0.05, 0) is 24.4 Å². The minimum atomic E-state index is 0.145. The molecule has 0 saturated heterocycles. The van der Waals surface area contributed by atoms with E-state index in [0.717, 1.165) is 17.8 Å². The maximum Gasteiger partial charge on any atom is 0.241 e. The van der Waals surface area contributed by atoms with E-state index in [9.17, 15) is 0 Å². The molecule has 0 spiro atoms. The van der Waals surface area contributed by atoms with Gasteiger partial charge in [-0.1, -0.05) is 18.1 Å². The van der Waals surface area contributed by atoms with Gasteiger partial charge in [-0.15, -0.1) is 11.3 Å². The van der Waals surface area contributed by atoms with Crippen molar-refractivity contribution in [2.75, 3.05) is 19.7 Å². The van der Waals surface area contributed by atoms with Gasteiger partial charge in [-0.25, -0.2) is 0 Å². The zero-order valence-electron chi connectivity index (χ0n) is 10.4. The first-order chi connectivity index (χ1) is 8.83. The summed E-state index contributed by atoms with van der Waals surface area (Å²) in [6.07, 6.45) is 1.03. The summed E-state index contributed by atoms with van der Waals surface area (Å²) in [7, 11) is 0. The molecule has 5 nitrogen and oxygen atoms in total. The summed E-state index contributed by atoms with van der Waals surface area (Å²) in [6, 6.07) is 3.93. The summed E-state index contributed by atoms with van der Waals surface area (Å²) >= 11 is 1.59. The lowest BCUT2D eigenvalue weighted by molar-refractivity contribution is 0.174. The van der Waals surface area contributed by atoms with Crippen molar-refractivity contribution in [1.82, 2.24) is 15.0 Å². The molecule has 0 saturated carbocycles. The monoisotopic (exact) mass is 267 g/mol. The van der Waals surface area contributed by atoms with Gasteiger partial charge in [0.2, 0.25) is 11.7 Å². The molecule has 2 rings (SSSR count). The fraction of sp³-hybridized carbons (Fsp3) is 0.500. The molecule has 0 radical (unpaired) electrons. The zero-order valence-corrected chi connectivity index (χ0v) is 11.2. The van der Waals surface area contributed by atoms with Crippen LogP contribution in [0.2, 0.25) is 0 Å². The van der Waals surface area contributed by atoms with Crippen LogP contribution in [0.1, 0.15) is 19.2 Å². The number of aliphatic hydroxyl groups is 1. The van der Waals surface area contributed by atoms with E-state index in [2.05, 4.69) is 22.0 Å². The number of nitrogens with zero attached hydrogens (tertiary/aromatic N) is 3. The highest BCUT2D eigenvalue weighted by atomic mass is 32.1. The molecule has 98 valence electrons. The molecular formula is C12H17N3O2S. The smallest absolute Gasteiger partial charge is 0.241 e. The molecule has 0 unspecified atom stereocenters. The maximum absolute atomic E-state index is 8.99. The van der Waals surface area contributed by atoms with Crippen molar-refractivity contribution in [2.24, 2.45) is 0 Å². The molecule has 1 N–H and O–H groups in total. The molecule has 0 aliphatic carbocycles. The quantitative estimate of drug-likeness (QED) is 0.831. The first-order valence-corrected chi connectivity index (χ1v) is 6.91. The van der Waals surface area contributed by atoms with Crippen molar-refractivity contribution in [2.45, 2.75) is 19.9 Å². The van der Waals surface area contributed by atoms with E-state index in [1.807, 2.05) is 17.5 Å². The van der Waals surface area contributed by atoms with Gasteiger partial charge >= 0.3 is 0 Å². The first-order valence-electron chi connectivity index (χ1n) is 6.03. The Kier molecular flexibility index (Phi) is 4.86. The number of aromatic nitrogens is 2. The maximum atomic E-state index is 8.99. The fourth-order valence-electron chi connectivity index (χ4n) is 1.74. The van der Waals surface area contributed by atoms with Gasteiger partial charge in [0.25, 0.3) is 0 Å².